The minimum absolute atomic E-state index is 0.0910. The van der Waals surface area contributed by atoms with Gasteiger partial charge in [0.15, 0.2) is 0 Å². The summed E-state index contributed by atoms with van der Waals surface area (Å²) in [7, 11) is 0. The predicted molar refractivity (Wildman–Crippen MR) is 62.6 cm³/mol. The number of nitrogens with two attached hydrogens (primary N) is 1. The second kappa shape index (κ2) is 6.81. The molecule has 0 spiro atoms. The molecule has 5 heteroatoms. The first kappa shape index (κ1) is 13.4. The lowest BCUT2D eigenvalue weighted by Gasteiger charge is -2.16. The zero-order chi connectivity index (χ0) is 12.0. The van der Waals surface area contributed by atoms with Crippen molar-refractivity contribution in [2.24, 2.45) is 5.84 Å². The molecule has 0 saturated heterocycles. The van der Waals surface area contributed by atoms with Crippen molar-refractivity contribution in [1.29, 1.82) is 0 Å². The lowest BCUT2D eigenvalue weighted by Crippen LogP contribution is -2.31. The van der Waals surface area contributed by atoms with Gasteiger partial charge in [-0.15, -0.1) is 0 Å². The van der Waals surface area contributed by atoms with Crippen molar-refractivity contribution in [3.8, 4) is 0 Å². The van der Waals surface area contributed by atoms with E-state index in [1.165, 1.54) is 6.07 Å². The van der Waals surface area contributed by atoms with Gasteiger partial charge in [-0.25, -0.2) is 4.39 Å². The molecule has 0 aliphatic carbocycles. The van der Waals surface area contributed by atoms with E-state index in [1.54, 1.807) is 12.1 Å². The third-order valence-corrected chi connectivity index (χ3v) is 2.47. The monoisotopic (exact) mass is 246 g/mol. The number of hydrazine groups is 1. The standard InChI is InChI=1S/C11H16ClFN2O/c1-2-5-16-7-11(15-14)8-3-4-10(13)9(12)6-8/h3-4,6,11,15H,2,5,7,14H2,1H3. The van der Waals surface area contributed by atoms with E-state index >= 15 is 0 Å². The molecular weight excluding hydrogens is 231 g/mol. The van der Waals surface area contributed by atoms with Gasteiger partial charge in [0, 0.05) is 6.61 Å². The average molecular weight is 247 g/mol. The first-order chi connectivity index (χ1) is 7.69. The van der Waals surface area contributed by atoms with Crippen molar-refractivity contribution in [2.75, 3.05) is 13.2 Å². The average Bonchev–Trinajstić information content (AvgIpc) is 2.29. The third-order valence-electron chi connectivity index (χ3n) is 2.18. The van der Waals surface area contributed by atoms with Crippen LogP contribution in [-0.2, 0) is 4.74 Å². The van der Waals surface area contributed by atoms with E-state index in [0.29, 0.717) is 13.2 Å². The second-order valence-electron chi connectivity index (χ2n) is 3.47. The van der Waals surface area contributed by atoms with Crippen LogP contribution in [0.1, 0.15) is 24.9 Å². The van der Waals surface area contributed by atoms with Crippen LogP contribution in [0.15, 0.2) is 18.2 Å². The summed E-state index contributed by atoms with van der Waals surface area (Å²) in [6.07, 6.45) is 0.946. The Morgan fingerprint density at radius 1 is 1.56 bits per heavy atom. The smallest absolute Gasteiger partial charge is 0.141 e. The summed E-state index contributed by atoms with van der Waals surface area (Å²) < 4.78 is 18.3. The number of hydrogen-bond donors (Lipinski definition) is 2. The van der Waals surface area contributed by atoms with Gasteiger partial charge in [-0.3, -0.25) is 11.3 Å². The van der Waals surface area contributed by atoms with Gasteiger partial charge in [0.1, 0.15) is 5.82 Å². The highest BCUT2D eigenvalue weighted by Crippen LogP contribution is 2.20. The minimum Gasteiger partial charge on any atom is -0.379 e. The largest absolute Gasteiger partial charge is 0.379 e. The fraction of sp³-hybridized carbons (Fsp3) is 0.455. The molecule has 0 fully saturated rings. The lowest BCUT2D eigenvalue weighted by atomic mass is 10.1. The van der Waals surface area contributed by atoms with Crippen LogP contribution in [-0.4, -0.2) is 13.2 Å². The van der Waals surface area contributed by atoms with Crippen LogP contribution >= 0.6 is 11.6 Å². The molecule has 0 radical (unpaired) electrons. The van der Waals surface area contributed by atoms with Crippen LogP contribution in [0.5, 0.6) is 0 Å². The number of hydrogen-bond acceptors (Lipinski definition) is 3. The van der Waals surface area contributed by atoms with Gasteiger partial charge in [-0.1, -0.05) is 24.6 Å². The summed E-state index contributed by atoms with van der Waals surface area (Å²) in [5.74, 6) is 4.97. The summed E-state index contributed by atoms with van der Waals surface area (Å²) in [6.45, 7) is 3.14. The Morgan fingerprint density at radius 3 is 2.88 bits per heavy atom. The van der Waals surface area contributed by atoms with Crippen molar-refractivity contribution < 1.29 is 9.13 Å². The zero-order valence-electron chi connectivity index (χ0n) is 9.17. The maximum Gasteiger partial charge on any atom is 0.141 e. The van der Waals surface area contributed by atoms with Crippen molar-refractivity contribution in [3.05, 3.63) is 34.6 Å². The molecule has 1 aromatic carbocycles. The van der Waals surface area contributed by atoms with Crippen LogP contribution in [0.3, 0.4) is 0 Å². The highest BCUT2D eigenvalue weighted by Gasteiger charge is 2.11. The molecular formula is C11H16ClFN2O. The Morgan fingerprint density at radius 2 is 2.31 bits per heavy atom. The Bertz CT molecular complexity index is 336. The molecule has 0 heterocycles. The van der Waals surface area contributed by atoms with Crippen LogP contribution in [0, 0.1) is 5.82 Å². The first-order valence-electron chi connectivity index (χ1n) is 5.17. The Balaban J connectivity index is 2.67. The lowest BCUT2D eigenvalue weighted by molar-refractivity contribution is 0.112. The molecule has 3 nitrogen and oxygen atoms in total. The van der Waals surface area contributed by atoms with Crippen LogP contribution in [0.2, 0.25) is 5.02 Å². The predicted octanol–water partition coefficient (Wildman–Crippen LogP) is 2.41. The van der Waals surface area contributed by atoms with Gasteiger partial charge in [0.25, 0.3) is 0 Å². The summed E-state index contributed by atoms with van der Waals surface area (Å²) in [4.78, 5) is 0. The van der Waals surface area contributed by atoms with Crippen LogP contribution in [0.25, 0.3) is 0 Å². The molecule has 16 heavy (non-hydrogen) atoms. The van der Waals surface area contributed by atoms with Crippen molar-refractivity contribution in [3.63, 3.8) is 0 Å². The molecule has 0 aromatic heterocycles. The van der Waals surface area contributed by atoms with E-state index in [-0.39, 0.29) is 11.1 Å². The molecule has 1 unspecified atom stereocenters. The van der Waals surface area contributed by atoms with E-state index in [9.17, 15) is 4.39 Å². The number of ether oxygens (including phenoxy) is 1. The third kappa shape index (κ3) is 3.72. The zero-order valence-corrected chi connectivity index (χ0v) is 9.93. The maximum atomic E-state index is 13.0. The topological polar surface area (TPSA) is 47.3 Å². The molecule has 0 saturated carbocycles. The number of benzene rings is 1. The SMILES string of the molecule is CCCOCC(NN)c1ccc(F)c(Cl)c1. The Hall–Kier alpha value is -0.680. The highest BCUT2D eigenvalue weighted by molar-refractivity contribution is 6.30. The highest BCUT2D eigenvalue weighted by atomic mass is 35.5. The molecule has 1 aromatic rings. The van der Waals surface area contributed by atoms with E-state index in [4.69, 9.17) is 22.2 Å². The van der Waals surface area contributed by atoms with E-state index in [1.807, 2.05) is 6.92 Å². The summed E-state index contributed by atoms with van der Waals surface area (Å²) in [6, 6.07) is 4.34. The molecule has 0 amide bonds. The number of rotatable bonds is 6. The summed E-state index contributed by atoms with van der Waals surface area (Å²) in [5.41, 5.74) is 3.43. The van der Waals surface area contributed by atoms with Crippen LogP contribution < -0.4 is 11.3 Å². The number of nitrogens with one attached hydrogen (secondary N) is 1. The molecule has 0 aliphatic heterocycles. The molecule has 0 bridgehead atoms. The molecule has 1 rings (SSSR count). The van der Waals surface area contributed by atoms with Gasteiger partial charge in [-0.05, 0) is 24.1 Å². The number of halogens is 2. The van der Waals surface area contributed by atoms with Gasteiger partial charge < -0.3 is 4.74 Å². The van der Waals surface area contributed by atoms with Gasteiger partial charge in [0.05, 0.1) is 17.7 Å². The van der Waals surface area contributed by atoms with Gasteiger partial charge in [0.2, 0.25) is 0 Å². The second-order valence-corrected chi connectivity index (χ2v) is 3.87. The van der Waals surface area contributed by atoms with Crippen LogP contribution in [0.4, 0.5) is 4.39 Å². The fourth-order valence-corrected chi connectivity index (χ4v) is 1.50. The normalized spacial score (nSPS) is 12.8. The van der Waals surface area contributed by atoms with Crippen molar-refractivity contribution in [2.45, 2.75) is 19.4 Å². The van der Waals surface area contributed by atoms with Crippen molar-refractivity contribution in [1.82, 2.24) is 5.43 Å². The molecule has 90 valence electrons. The molecule has 3 N–H and O–H groups in total. The van der Waals surface area contributed by atoms with E-state index < -0.39 is 5.82 Å². The van der Waals surface area contributed by atoms with Gasteiger partial charge in [-0.2, -0.15) is 0 Å². The van der Waals surface area contributed by atoms with E-state index in [2.05, 4.69) is 5.43 Å². The maximum absolute atomic E-state index is 13.0. The fourth-order valence-electron chi connectivity index (χ4n) is 1.32. The first-order valence-corrected chi connectivity index (χ1v) is 5.55. The summed E-state index contributed by atoms with van der Waals surface area (Å²) >= 11 is 5.69. The quantitative estimate of drug-likeness (QED) is 0.460. The Kier molecular flexibility index (Phi) is 5.69. The Labute approximate surface area is 99.7 Å². The van der Waals surface area contributed by atoms with E-state index in [0.717, 1.165) is 12.0 Å². The molecule has 0 aliphatic rings. The molecule has 1 atom stereocenters. The van der Waals surface area contributed by atoms with Crippen molar-refractivity contribution >= 4 is 11.6 Å². The minimum atomic E-state index is -0.435. The van der Waals surface area contributed by atoms with Gasteiger partial charge >= 0.3 is 0 Å². The summed E-state index contributed by atoms with van der Waals surface area (Å²) in [5, 5.41) is 0.0910.